The van der Waals surface area contributed by atoms with Crippen molar-refractivity contribution in [3.63, 3.8) is 0 Å². The molecule has 1 aliphatic rings. The molecule has 1 heterocycles. The van der Waals surface area contributed by atoms with Gasteiger partial charge < -0.3 is 14.6 Å². The van der Waals surface area contributed by atoms with Crippen molar-refractivity contribution in [3.8, 4) is 0 Å². The van der Waals surface area contributed by atoms with Crippen molar-refractivity contribution in [2.24, 2.45) is 0 Å². The third kappa shape index (κ3) is 3.03. The minimum atomic E-state index is -0.392. The molecule has 1 aliphatic carbocycles. The van der Waals surface area contributed by atoms with Gasteiger partial charge in [-0.05, 0) is 41.8 Å². The van der Waals surface area contributed by atoms with Crippen LogP contribution in [-0.4, -0.2) is 39.7 Å². The molecule has 0 aliphatic heterocycles. The second-order valence-electron chi connectivity index (χ2n) is 5.16. The standard InChI is InChI=1S/C14H21BrN2O2/c1-3-17-9-10(15)8-12(17)14(19)16(2)11-6-4-5-7-13(11)18/h8-9,11,13,18H,3-7H2,1-2H3. The summed E-state index contributed by atoms with van der Waals surface area (Å²) < 4.78 is 2.84. The Kier molecular flexibility index (Phi) is 4.68. The molecule has 2 atom stereocenters. The van der Waals surface area contributed by atoms with Gasteiger partial charge in [0.05, 0.1) is 12.1 Å². The van der Waals surface area contributed by atoms with Gasteiger partial charge >= 0.3 is 0 Å². The first-order chi connectivity index (χ1) is 9.04. The SMILES string of the molecule is CCn1cc(Br)cc1C(=O)N(C)C1CCCCC1O. The lowest BCUT2D eigenvalue weighted by molar-refractivity contribution is 0.0261. The Balaban J connectivity index is 2.18. The molecule has 5 heteroatoms. The molecule has 1 aromatic heterocycles. The topological polar surface area (TPSA) is 45.5 Å². The van der Waals surface area contributed by atoms with Crippen LogP contribution in [-0.2, 0) is 6.54 Å². The lowest BCUT2D eigenvalue weighted by Gasteiger charge is -2.35. The van der Waals surface area contributed by atoms with Crippen LogP contribution in [0.1, 0.15) is 43.1 Å². The van der Waals surface area contributed by atoms with Gasteiger partial charge in [0.2, 0.25) is 0 Å². The number of likely N-dealkylation sites (N-methyl/N-ethyl adjacent to an activating group) is 1. The van der Waals surface area contributed by atoms with E-state index in [4.69, 9.17) is 0 Å². The highest BCUT2D eigenvalue weighted by atomic mass is 79.9. The van der Waals surface area contributed by atoms with E-state index in [1.54, 1.807) is 11.9 Å². The van der Waals surface area contributed by atoms with Gasteiger partial charge in [0.15, 0.2) is 0 Å². The molecule has 0 aromatic carbocycles. The maximum Gasteiger partial charge on any atom is 0.270 e. The largest absolute Gasteiger partial charge is 0.391 e. The fraction of sp³-hybridized carbons (Fsp3) is 0.643. The van der Waals surface area contributed by atoms with Gasteiger partial charge in [-0.15, -0.1) is 0 Å². The highest BCUT2D eigenvalue weighted by Crippen LogP contribution is 2.24. The number of hydrogen-bond acceptors (Lipinski definition) is 2. The normalized spacial score (nSPS) is 23.4. The second kappa shape index (κ2) is 6.09. The van der Waals surface area contributed by atoms with E-state index in [2.05, 4.69) is 15.9 Å². The number of aliphatic hydroxyl groups excluding tert-OH is 1. The number of amides is 1. The second-order valence-corrected chi connectivity index (χ2v) is 6.08. The molecule has 2 unspecified atom stereocenters. The zero-order chi connectivity index (χ0) is 14.0. The molecule has 0 bridgehead atoms. The third-order valence-electron chi connectivity index (χ3n) is 3.93. The summed E-state index contributed by atoms with van der Waals surface area (Å²) >= 11 is 3.41. The van der Waals surface area contributed by atoms with Crippen molar-refractivity contribution in [1.29, 1.82) is 0 Å². The van der Waals surface area contributed by atoms with Crippen molar-refractivity contribution in [2.75, 3.05) is 7.05 Å². The highest BCUT2D eigenvalue weighted by Gasteiger charge is 2.30. The summed E-state index contributed by atoms with van der Waals surface area (Å²) in [5.74, 6) is -0.0153. The molecular formula is C14H21BrN2O2. The Labute approximate surface area is 122 Å². The molecule has 106 valence electrons. The molecular weight excluding hydrogens is 308 g/mol. The van der Waals surface area contributed by atoms with Gasteiger partial charge in [-0.25, -0.2) is 0 Å². The number of nitrogens with zero attached hydrogens (tertiary/aromatic N) is 2. The first-order valence-electron chi connectivity index (χ1n) is 6.85. The fourth-order valence-corrected chi connectivity index (χ4v) is 3.25. The molecule has 4 nitrogen and oxygen atoms in total. The number of hydrogen-bond donors (Lipinski definition) is 1. The molecule has 1 amide bonds. The van der Waals surface area contributed by atoms with Crippen LogP contribution in [0.5, 0.6) is 0 Å². The van der Waals surface area contributed by atoms with Crippen LogP contribution in [0.3, 0.4) is 0 Å². The van der Waals surface area contributed by atoms with E-state index in [0.29, 0.717) is 5.69 Å². The molecule has 0 radical (unpaired) electrons. The number of aryl methyl sites for hydroxylation is 1. The Morgan fingerprint density at radius 3 is 2.84 bits per heavy atom. The molecule has 0 spiro atoms. The Morgan fingerprint density at radius 2 is 2.21 bits per heavy atom. The van der Waals surface area contributed by atoms with Gasteiger partial charge in [0.1, 0.15) is 5.69 Å². The van der Waals surface area contributed by atoms with E-state index >= 15 is 0 Å². The van der Waals surface area contributed by atoms with Crippen LogP contribution in [0, 0.1) is 0 Å². The number of carbonyl (C=O) groups excluding carboxylic acids is 1. The van der Waals surface area contributed by atoms with Crippen LogP contribution >= 0.6 is 15.9 Å². The van der Waals surface area contributed by atoms with E-state index in [9.17, 15) is 9.90 Å². The van der Waals surface area contributed by atoms with Crippen LogP contribution in [0.15, 0.2) is 16.7 Å². The van der Waals surface area contributed by atoms with E-state index in [-0.39, 0.29) is 11.9 Å². The molecule has 0 saturated heterocycles. The number of carbonyl (C=O) groups is 1. The zero-order valence-corrected chi connectivity index (χ0v) is 13.1. The minimum absolute atomic E-state index is 0.0153. The summed E-state index contributed by atoms with van der Waals surface area (Å²) in [5.41, 5.74) is 0.676. The average Bonchev–Trinajstić information content (AvgIpc) is 2.79. The summed E-state index contributed by atoms with van der Waals surface area (Å²) in [6, 6.07) is 1.79. The first-order valence-corrected chi connectivity index (χ1v) is 7.64. The van der Waals surface area contributed by atoms with Crippen LogP contribution in [0.25, 0.3) is 0 Å². The summed E-state index contributed by atoms with van der Waals surface area (Å²) in [6.07, 6.45) is 5.33. The minimum Gasteiger partial charge on any atom is -0.391 e. The molecule has 1 fully saturated rings. The maximum absolute atomic E-state index is 12.6. The fourth-order valence-electron chi connectivity index (χ4n) is 2.79. The first kappa shape index (κ1) is 14.6. The third-order valence-corrected chi connectivity index (χ3v) is 4.37. The van der Waals surface area contributed by atoms with E-state index in [0.717, 1.165) is 36.7 Å². The van der Waals surface area contributed by atoms with Crippen molar-refractivity contribution in [2.45, 2.75) is 51.3 Å². The Bertz CT molecular complexity index is 458. The van der Waals surface area contributed by atoms with Crippen molar-refractivity contribution in [1.82, 2.24) is 9.47 Å². The highest BCUT2D eigenvalue weighted by molar-refractivity contribution is 9.10. The molecule has 1 aromatic rings. The predicted molar refractivity (Wildman–Crippen MR) is 78.2 cm³/mol. The van der Waals surface area contributed by atoms with Gasteiger partial charge in [-0.2, -0.15) is 0 Å². The van der Waals surface area contributed by atoms with Gasteiger partial charge in [0.25, 0.3) is 5.91 Å². The monoisotopic (exact) mass is 328 g/mol. The number of aromatic nitrogens is 1. The Hall–Kier alpha value is -0.810. The van der Waals surface area contributed by atoms with E-state index < -0.39 is 6.10 Å². The molecule has 1 N–H and O–H groups in total. The summed E-state index contributed by atoms with van der Waals surface area (Å²) in [6.45, 7) is 2.77. The summed E-state index contributed by atoms with van der Waals surface area (Å²) in [5, 5.41) is 10.1. The van der Waals surface area contributed by atoms with Gasteiger partial charge in [-0.1, -0.05) is 12.8 Å². The van der Waals surface area contributed by atoms with E-state index in [1.165, 1.54) is 0 Å². The molecule has 19 heavy (non-hydrogen) atoms. The van der Waals surface area contributed by atoms with Crippen LogP contribution < -0.4 is 0 Å². The summed E-state index contributed by atoms with van der Waals surface area (Å²) in [7, 11) is 1.79. The number of rotatable bonds is 3. The van der Waals surface area contributed by atoms with Crippen LogP contribution in [0.4, 0.5) is 0 Å². The lowest BCUT2D eigenvalue weighted by Crippen LogP contribution is -2.46. The van der Waals surface area contributed by atoms with Crippen molar-refractivity contribution >= 4 is 21.8 Å². The number of halogens is 1. The summed E-state index contributed by atoms with van der Waals surface area (Å²) in [4.78, 5) is 14.3. The molecule has 2 rings (SSSR count). The van der Waals surface area contributed by atoms with Crippen LogP contribution in [0.2, 0.25) is 0 Å². The van der Waals surface area contributed by atoms with Gasteiger partial charge in [0, 0.05) is 24.3 Å². The molecule has 1 saturated carbocycles. The van der Waals surface area contributed by atoms with Crippen molar-refractivity contribution < 1.29 is 9.90 Å². The lowest BCUT2D eigenvalue weighted by atomic mass is 9.91. The van der Waals surface area contributed by atoms with Crippen molar-refractivity contribution in [3.05, 3.63) is 22.4 Å². The zero-order valence-electron chi connectivity index (χ0n) is 11.5. The quantitative estimate of drug-likeness (QED) is 0.927. The van der Waals surface area contributed by atoms with E-state index in [1.807, 2.05) is 23.8 Å². The average molecular weight is 329 g/mol. The van der Waals surface area contributed by atoms with Gasteiger partial charge in [-0.3, -0.25) is 4.79 Å². The predicted octanol–water partition coefficient (Wildman–Crippen LogP) is 2.65. The smallest absolute Gasteiger partial charge is 0.270 e. The maximum atomic E-state index is 12.6. The number of aliphatic hydroxyl groups is 1. The Morgan fingerprint density at radius 1 is 1.53 bits per heavy atom.